The summed E-state index contributed by atoms with van der Waals surface area (Å²) in [5.41, 5.74) is 4.15. The Kier molecular flexibility index (Phi) is 10.3. The molecule has 0 aliphatic carbocycles. The highest BCUT2D eigenvalue weighted by Gasteiger charge is 2.33. The summed E-state index contributed by atoms with van der Waals surface area (Å²) in [6, 6.07) is 23.4. The number of carbonyl (C=O) groups excluding carboxylic acids is 2. The van der Waals surface area contributed by atoms with Gasteiger partial charge in [-0.2, -0.15) is 0 Å². The molecular weight excluding hydrogens is 510 g/mol. The van der Waals surface area contributed by atoms with E-state index in [9.17, 15) is 18.0 Å². The maximum absolute atomic E-state index is 14.1. The smallest absolute Gasteiger partial charge is 0.244 e. The molecule has 0 fully saturated rings. The van der Waals surface area contributed by atoms with Crippen LogP contribution in [0, 0.1) is 19.8 Å². The molecular formula is C31H39N3O4S. The molecule has 1 N–H and O–H groups in total. The second-order valence-corrected chi connectivity index (χ2v) is 12.3. The zero-order valence-electron chi connectivity index (χ0n) is 23.4. The Bertz CT molecular complexity index is 1360. The van der Waals surface area contributed by atoms with E-state index in [-0.39, 0.29) is 18.4 Å². The number of rotatable bonds is 12. The quantitative estimate of drug-likeness (QED) is 0.361. The topological polar surface area (TPSA) is 86.8 Å². The Balaban J connectivity index is 2.05. The Morgan fingerprint density at radius 1 is 0.872 bits per heavy atom. The van der Waals surface area contributed by atoms with Crippen LogP contribution in [0.2, 0.25) is 0 Å². The van der Waals surface area contributed by atoms with Crippen LogP contribution in [0.4, 0.5) is 5.69 Å². The summed E-state index contributed by atoms with van der Waals surface area (Å²) >= 11 is 0. The number of hydrogen-bond acceptors (Lipinski definition) is 4. The van der Waals surface area contributed by atoms with Gasteiger partial charge in [0.2, 0.25) is 21.8 Å². The van der Waals surface area contributed by atoms with Gasteiger partial charge in [-0.05, 0) is 48.6 Å². The predicted octanol–water partition coefficient (Wildman–Crippen LogP) is 4.48. The summed E-state index contributed by atoms with van der Waals surface area (Å²) in [6.45, 7) is 8.10. The maximum Gasteiger partial charge on any atom is 0.244 e. The third-order valence-corrected chi connectivity index (χ3v) is 7.70. The first kappa shape index (κ1) is 29.9. The molecule has 3 rings (SSSR count). The molecule has 39 heavy (non-hydrogen) atoms. The minimum absolute atomic E-state index is 0.170. The maximum atomic E-state index is 14.1. The highest BCUT2D eigenvalue weighted by Crippen LogP contribution is 2.21. The van der Waals surface area contributed by atoms with Gasteiger partial charge in [-0.25, -0.2) is 8.42 Å². The van der Waals surface area contributed by atoms with E-state index < -0.39 is 28.5 Å². The molecule has 3 aromatic rings. The van der Waals surface area contributed by atoms with Crippen LogP contribution in [0.5, 0.6) is 0 Å². The fourth-order valence-electron chi connectivity index (χ4n) is 4.27. The molecule has 0 aromatic heterocycles. The highest BCUT2D eigenvalue weighted by molar-refractivity contribution is 7.92. The van der Waals surface area contributed by atoms with Crippen molar-refractivity contribution in [2.45, 2.75) is 46.7 Å². The fraction of sp³-hybridized carbons (Fsp3) is 0.355. The molecule has 0 aliphatic rings. The van der Waals surface area contributed by atoms with Crippen LogP contribution < -0.4 is 9.62 Å². The largest absolute Gasteiger partial charge is 0.354 e. The summed E-state index contributed by atoms with van der Waals surface area (Å²) in [4.78, 5) is 29.2. The van der Waals surface area contributed by atoms with Crippen molar-refractivity contribution in [3.05, 3.63) is 101 Å². The average molecular weight is 550 g/mol. The van der Waals surface area contributed by atoms with Gasteiger partial charge in [0.05, 0.1) is 11.9 Å². The van der Waals surface area contributed by atoms with Gasteiger partial charge in [0.1, 0.15) is 12.6 Å². The third kappa shape index (κ3) is 8.68. The van der Waals surface area contributed by atoms with Gasteiger partial charge in [-0.3, -0.25) is 13.9 Å². The van der Waals surface area contributed by atoms with E-state index in [2.05, 4.69) is 5.32 Å². The van der Waals surface area contributed by atoms with Gasteiger partial charge in [-0.1, -0.05) is 86.1 Å². The van der Waals surface area contributed by atoms with Gasteiger partial charge in [0, 0.05) is 19.5 Å². The number of benzene rings is 3. The normalized spacial score (nSPS) is 12.2. The third-order valence-electron chi connectivity index (χ3n) is 6.56. The summed E-state index contributed by atoms with van der Waals surface area (Å²) in [7, 11) is -3.78. The number of hydrogen-bond donors (Lipinski definition) is 1. The number of amides is 2. The number of nitrogens with zero attached hydrogens (tertiary/aromatic N) is 2. The monoisotopic (exact) mass is 549 g/mol. The fourth-order valence-corrected chi connectivity index (χ4v) is 5.12. The molecule has 2 amide bonds. The standard InChI is InChI=1S/C31H39N3O4S/c1-23(2)20-32-31(36)29(19-26-12-7-6-8-13-26)33(21-27-14-10-9-11-25(27)4)30(35)22-34(39(5,37)38)28-17-15-24(3)16-18-28/h6-18,23,29H,19-22H2,1-5H3,(H,32,36). The Morgan fingerprint density at radius 3 is 2.08 bits per heavy atom. The average Bonchev–Trinajstić information content (AvgIpc) is 2.89. The zero-order valence-corrected chi connectivity index (χ0v) is 24.2. The van der Waals surface area contributed by atoms with Crippen LogP contribution in [0.25, 0.3) is 0 Å². The van der Waals surface area contributed by atoms with Gasteiger partial charge in [0.15, 0.2) is 0 Å². The van der Waals surface area contributed by atoms with Crippen LogP contribution in [0.3, 0.4) is 0 Å². The Hall–Kier alpha value is -3.65. The molecule has 0 saturated heterocycles. The summed E-state index contributed by atoms with van der Waals surface area (Å²) < 4.78 is 26.8. The molecule has 0 aliphatic heterocycles. The Labute approximate surface area is 232 Å². The number of aryl methyl sites for hydroxylation is 2. The van der Waals surface area contributed by atoms with Crippen molar-refractivity contribution in [2.75, 3.05) is 23.7 Å². The van der Waals surface area contributed by atoms with Crippen molar-refractivity contribution in [2.24, 2.45) is 5.92 Å². The molecule has 0 radical (unpaired) electrons. The van der Waals surface area contributed by atoms with E-state index in [0.29, 0.717) is 18.7 Å². The lowest BCUT2D eigenvalue weighted by Crippen LogP contribution is -2.53. The second-order valence-electron chi connectivity index (χ2n) is 10.4. The molecule has 7 nitrogen and oxygen atoms in total. The second kappa shape index (κ2) is 13.4. The van der Waals surface area contributed by atoms with E-state index in [1.807, 2.05) is 82.3 Å². The lowest BCUT2D eigenvalue weighted by molar-refractivity contribution is -0.140. The predicted molar refractivity (Wildman–Crippen MR) is 157 cm³/mol. The van der Waals surface area contributed by atoms with Crippen molar-refractivity contribution in [1.29, 1.82) is 0 Å². The van der Waals surface area contributed by atoms with Gasteiger partial charge >= 0.3 is 0 Å². The van der Waals surface area contributed by atoms with Gasteiger partial charge < -0.3 is 10.2 Å². The lowest BCUT2D eigenvalue weighted by Gasteiger charge is -2.34. The molecule has 0 spiro atoms. The summed E-state index contributed by atoms with van der Waals surface area (Å²) in [5.74, 6) is -0.491. The van der Waals surface area contributed by atoms with Gasteiger partial charge in [-0.15, -0.1) is 0 Å². The van der Waals surface area contributed by atoms with Crippen molar-refractivity contribution in [1.82, 2.24) is 10.2 Å². The van der Waals surface area contributed by atoms with Crippen LogP contribution >= 0.6 is 0 Å². The van der Waals surface area contributed by atoms with Crippen molar-refractivity contribution in [3.8, 4) is 0 Å². The SMILES string of the molecule is Cc1ccc(N(CC(=O)N(Cc2ccccc2C)C(Cc2ccccc2)C(=O)NCC(C)C)S(C)(=O)=O)cc1. The minimum atomic E-state index is -3.78. The zero-order chi connectivity index (χ0) is 28.6. The van der Waals surface area contributed by atoms with Crippen LogP contribution in [-0.4, -0.2) is 50.5 Å². The first-order chi connectivity index (χ1) is 18.5. The number of sulfonamides is 1. The first-order valence-electron chi connectivity index (χ1n) is 13.2. The van der Waals surface area contributed by atoms with E-state index in [4.69, 9.17) is 0 Å². The molecule has 208 valence electrons. The molecule has 1 unspecified atom stereocenters. The minimum Gasteiger partial charge on any atom is -0.354 e. The molecule has 8 heteroatoms. The van der Waals surface area contributed by atoms with Crippen molar-refractivity contribution < 1.29 is 18.0 Å². The number of nitrogens with one attached hydrogen (secondary N) is 1. The molecule has 1 atom stereocenters. The van der Waals surface area contributed by atoms with E-state index in [1.54, 1.807) is 24.3 Å². The lowest BCUT2D eigenvalue weighted by atomic mass is 10.0. The molecule has 0 heterocycles. The van der Waals surface area contributed by atoms with Crippen molar-refractivity contribution in [3.63, 3.8) is 0 Å². The molecule has 3 aromatic carbocycles. The van der Waals surface area contributed by atoms with Crippen LogP contribution in [-0.2, 0) is 32.6 Å². The van der Waals surface area contributed by atoms with Gasteiger partial charge in [0.25, 0.3) is 0 Å². The van der Waals surface area contributed by atoms with E-state index in [0.717, 1.165) is 32.8 Å². The molecule has 0 saturated carbocycles. The van der Waals surface area contributed by atoms with E-state index >= 15 is 0 Å². The van der Waals surface area contributed by atoms with Crippen LogP contribution in [0.1, 0.15) is 36.1 Å². The highest BCUT2D eigenvalue weighted by atomic mass is 32.2. The summed E-state index contributed by atoms with van der Waals surface area (Å²) in [5, 5.41) is 2.99. The van der Waals surface area contributed by atoms with E-state index in [1.165, 1.54) is 4.90 Å². The first-order valence-corrected chi connectivity index (χ1v) is 15.0. The Morgan fingerprint density at radius 2 is 1.49 bits per heavy atom. The number of carbonyl (C=O) groups is 2. The van der Waals surface area contributed by atoms with Crippen molar-refractivity contribution >= 4 is 27.5 Å². The number of anilines is 1. The summed E-state index contributed by atoms with van der Waals surface area (Å²) in [6.07, 6.45) is 1.38. The van der Waals surface area contributed by atoms with Crippen LogP contribution in [0.15, 0.2) is 78.9 Å². The molecule has 0 bridgehead atoms.